The van der Waals surface area contributed by atoms with Gasteiger partial charge in [0.2, 0.25) is 5.91 Å². The van der Waals surface area contributed by atoms with Gasteiger partial charge in [0.25, 0.3) is 0 Å². The van der Waals surface area contributed by atoms with Crippen LogP contribution in [0.25, 0.3) is 16.7 Å². The second kappa shape index (κ2) is 5.92. The molecule has 0 fully saturated rings. The van der Waals surface area contributed by atoms with Crippen molar-refractivity contribution in [3.05, 3.63) is 41.3 Å². The van der Waals surface area contributed by atoms with Crippen LogP contribution in [-0.4, -0.2) is 25.7 Å². The minimum Gasteiger partial charge on any atom is -0.383 e. The zero-order valence-corrected chi connectivity index (χ0v) is 13.9. The van der Waals surface area contributed by atoms with Gasteiger partial charge < -0.3 is 11.5 Å². The van der Waals surface area contributed by atoms with E-state index in [-0.39, 0.29) is 0 Å². The number of hydrogen-bond acceptors (Lipinski definition) is 5. The highest BCUT2D eigenvalue weighted by atomic mass is 16.1. The normalized spacial score (nSPS) is 11.3. The Bertz CT molecular complexity index is 928. The number of fused-ring (bicyclic) bond motifs is 1. The second-order valence-electron chi connectivity index (χ2n) is 6.25. The molecule has 0 spiro atoms. The molecule has 7 heteroatoms. The fourth-order valence-electron chi connectivity index (χ4n) is 2.85. The predicted octanol–water partition coefficient (Wildman–Crippen LogP) is 2.00. The summed E-state index contributed by atoms with van der Waals surface area (Å²) in [7, 11) is 0. The highest BCUT2D eigenvalue weighted by molar-refractivity contribution is 6.00. The van der Waals surface area contributed by atoms with Gasteiger partial charge in [-0.15, -0.1) is 0 Å². The number of anilines is 1. The molecule has 0 saturated carbocycles. The van der Waals surface area contributed by atoms with E-state index in [1.165, 1.54) is 6.33 Å². The van der Waals surface area contributed by atoms with Crippen LogP contribution < -0.4 is 11.5 Å². The first kappa shape index (κ1) is 15.9. The van der Waals surface area contributed by atoms with Crippen molar-refractivity contribution >= 4 is 22.6 Å². The van der Waals surface area contributed by atoms with Crippen molar-refractivity contribution in [1.82, 2.24) is 19.7 Å². The van der Waals surface area contributed by atoms with Crippen LogP contribution >= 0.6 is 0 Å². The van der Waals surface area contributed by atoms with Crippen LogP contribution in [0.2, 0.25) is 0 Å². The summed E-state index contributed by atoms with van der Waals surface area (Å²) < 4.78 is 1.72. The Labute approximate surface area is 139 Å². The molecule has 124 valence electrons. The third-order valence-electron chi connectivity index (χ3n) is 4.04. The van der Waals surface area contributed by atoms with Crippen molar-refractivity contribution in [3.8, 4) is 5.82 Å². The van der Waals surface area contributed by atoms with Gasteiger partial charge in [0, 0.05) is 16.5 Å². The number of primary amides is 1. The lowest BCUT2D eigenvalue weighted by Gasteiger charge is -2.12. The summed E-state index contributed by atoms with van der Waals surface area (Å²) >= 11 is 0. The van der Waals surface area contributed by atoms with Crippen molar-refractivity contribution in [3.63, 3.8) is 0 Å². The van der Waals surface area contributed by atoms with Crippen molar-refractivity contribution in [2.75, 3.05) is 5.73 Å². The van der Waals surface area contributed by atoms with Gasteiger partial charge >= 0.3 is 0 Å². The van der Waals surface area contributed by atoms with Gasteiger partial charge in [-0.2, -0.15) is 5.10 Å². The maximum absolute atomic E-state index is 11.8. The third-order valence-corrected chi connectivity index (χ3v) is 4.04. The lowest BCUT2D eigenvalue weighted by molar-refractivity contribution is 0.0999. The van der Waals surface area contributed by atoms with Crippen LogP contribution in [0.15, 0.2) is 24.7 Å². The summed E-state index contributed by atoms with van der Waals surface area (Å²) in [6.07, 6.45) is 3.90. The Kier molecular flexibility index (Phi) is 3.92. The molecule has 3 rings (SSSR count). The molecule has 1 amide bonds. The fraction of sp³-hybridized carbons (Fsp3) is 0.294. The minimum absolute atomic E-state index is 0.383. The Morgan fingerprint density at radius 1 is 1.29 bits per heavy atom. The molecule has 0 saturated heterocycles. The monoisotopic (exact) mass is 324 g/mol. The quantitative estimate of drug-likeness (QED) is 0.762. The van der Waals surface area contributed by atoms with E-state index in [1.54, 1.807) is 16.9 Å². The van der Waals surface area contributed by atoms with Crippen LogP contribution in [0.1, 0.15) is 35.3 Å². The minimum atomic E-state index is -0.428. The molecule has 0 aliphatic heterocycles. The van der Waals surface area contributed by atoms with E-state index in [4.69, 9.17) is 11.5 Å². The van der Waals surface area contributed by atoms with Crippen molar-refractivity contribution in [2.24, 2.45) is 11.7 Å². The largest absolute Gasteiger partial charge is 0.383 e. The molecule has 1 aromatic carbocycles. The van der Waals surface area contributed by atoms with E-state index < -0.39 is 5.91 Å². The van der Waals surface area contributed by atoms with Crippen molar-refractivity contribution in [2.45, 2.75) is 27.2 Å². The number of benzene rings is 1. The van der Waals surface area contributed by atoms with Gasteiger partial charge in [0.15, 0.2) is 5.82 Å². The van der Waals surface area contributed by atoms with Crippen LogP contribution in [0, 0.1) is 12.8 Å². The van der Waals surface area contributed by atoms with E-state index in [1.807, 2.05) is 13.0 Å². The molecule has 4 N–H and O–H groups in total. The van der Waals surface area contributed by atoms with Crippen LogP contribution in [0.4, 0.5) is 5.82 Å². The summed E-state index contributed by atoms with van der Waals surface area (Å²) in [5.74, 6) is 0.996. The van der Waals surface area contributed by atoms with E-state index in [0.717, 1.165) is 28.5 Å². The van der Waals surface area contributed by atoms with Crippen LogP contribution in [0.5, 0.6) is 0 Å². The van der Waals surface area contributed by atoms with E-state index in [0.29, 0.717) is 23.1 Å². The van der Waals surface area contributed by atoms with Gasteiger partial charge in [-0.25, -0.2) is 14.6 Å². The first-order chi connectivity index (χ1) is 11.4. The summed E-state index contributed by atoms with van der Waals surface area (Å²) in [4.78, 5) is 20.1. The van der Waals surface area contributed by atoms with Crippen LogP contribution in [-0.2, 0) is 6.42 Å². The number of aromatic nitrogens is 4. The summed E-state index contributed by atoms with van der Waals surface area (Å²) in [6.45, 7) is 6.05. The van der Waals surface area contributed by atoms with E-state index in [2.05, 4.69) is 28.9 Å². The second-order valence-corrected chi connectivity index (χ2v) is 6.25. The van der Waals surface area contributed by atoms with Gasteiger partial charge in [-0.3, -0.25) is 4.79 Å². The first-order valence-corrected chi connectivity index (χ1v) is 7.77. The SMILES string of the molecule is Cc1c(N)ncnc1-n1ncc2c(CC(C)C)c(C(N)=O)ccc21. The van der Waals surface area contributed by atoms with Gasteiger partial charge in [0.05, 0.1) is 11.7 Å². The molecular formula is C17H20N6O. The number of nitrogens with zero attached hydrogens (tertiary/aromatic N) is 4. The molecule has 2 aromatic heterocycles. The summed E-state index contributed by atoms with van der Waals surface area (Å²) in [6, 6.07) is 3.59. The molecular weight excluding hydrogens is 304 g/mol. The maximum atomic E-state index is 11.8. The van der Waals surface area contributed by atoms with E-state index >= 15 is 0 Å². The van der Waals surface area contributed by atoms with Crippen molar-refractivity contribution < 1.29 is 4.79 Å². The van der Waals surface area contributed by atoms with Gasteiger partial charge in [-0.1, -0.05) is 13.8 Å². The molecule has 0 atom stereocenters. The first-order valence-electron chi connectivity index (χ1n) is 7.77. The maximum Gasteiger partial charge on any atom is 0.249 e. The number of rotatable bonds is 4. The Morgan fingerprint density at radius 3 is 2.71 bits per heavy atom. The Hall–Kier alpha value is -2.96. The molecule has 24 heavy (non-hydrogen) atoms. The lowest BCUT2D eigenvalue weighted by Crippen LogP contribution is -2.15. The van der Waals surface area contributed by atoms with Gasteiger partial charge in [0.1, 0.15) is 12.1 Å². The highest BCUT2D eigenvalue weighted by Crippen LogP contribution is 2.27. The number of carbonyl (C=O) groups is 1. The molecule has 0 radical (unpaired) electrons. The smallest absolute Gasteiger partial charge is 0.249 e. The molecule has 0 bridgehead atoms. The number of amides is 1. The third kappa shape index (κ3) is 2.58. The number of nitrogen functional groups attached to an aromatic ring is 1. The average molecular weight is 324 g/mol. The summed E-state index contributed by atoms with van der Waals surface area (Å²) in [5, 5.41) is 5.35. The van der Waals surface area contributed by atoms with Crippen LogP contribution in [0.3, 0.4) is 0 Å². The highest BCUT2D eigenvalue weighted by Gasteiger charge is 2.18. The number of nitrogens with two attached hydrogens (primary N) is 2. The molecule has 3 aromatic rings. The Morgan fingerprint density at radius 2 is 2.04 bits per heavy atom. The zero-order valence-electron chi connectivity index (χ0n) is 13.9. The molecule has 0 aliphatic carbocycles. The molecule has 0 aliphatic rings. The Balaban J connectivity index is 2.27. The molecule has 7 nitrogen and oxygen atoms in total. The standard InChI is InChI=1S/C17H20N6O/c1-9(2)6-12-11(16(19)24)4-5-14-13(12)7-22-23(14)17-10(3)15(18)20-8-21-17/h4-5,7-9H,6H2,1-3H3,(H2,19,24)(H2,18,20,21). The zero-order chi connectivity index (χ0) is 17.4. The van der Waals surface area contributed by atoms with Crippen molar-refractivity contribution in [1.29, 1.82) is 0 Å². The predicted molar refractivity (Wildman–Crippen MR) is 92.9 cm³/mol. The average Bonchev–Trinajstić information content (AvgIpc) is 2.94. The number of hydrogen-bond donors (Lipinski definition) is 2. The molecule has 2 heterocycles. The summed E-state index contributed by atoms with van der Waals surface area (Å²) in [5.41, 5.74) is 14.5. The fourth-order valence-corrected chi connectivity index (χ4v) is 2.85. The van der Waals surface area contributed by atoms with E-state index in [9.17, 15) is 4.79 Å². The van der Waals surface area contributed by atoms with Gasteiger partial charge in [-0.05, 0) is 37.0 Å². The number of carbonyl (C=O) groups excluding carboxylic acids is 1. The molecule has 0 unspecified atom stereocenters. The topological polar surface area (TPSA) is 113 Å². The lowest BCUT2D eigenvalue weighted by atomic mass is 9.94.